The van der Waals surface area contributed by atoms with Crippen LogP contribution in [0.3, 0.4) is 0 Å². The molecule has 0 radical (unpaired) electrons. The molecule has 2 unspecified atom stereocenters. The number of carboxylic acids is 1. The second kappa shape index (κ2) is 5.86. The Hall–Kier alpha value is -1.87. The lowest BCUT2D eigenvalue weighted by atomic mass is 9.98. The fourth-order valence-corrected chi connectivity index (χ4v) is 3.58. The van der Waals surface area contributed by atoms with Gasteiger partial charge in [0.1, 0.15) is 0 Å². The van der Waals surface area contributed by atoms with E-state index < -0.39 is 5.97 Å². The molecule has 1 fully saturated rings. The van der Waals surface area contributed by atoms with Crippen molar-refractivity contribution < 1.29 is 9.90 Å². The van der Waals surface area contributed by atoms with E-state index in [1.165, 1.54) is 16.3 Å². The first-order valence-electron chi connectivity index (χ1n) is 7.62. The monoisotopic (exact) mass is 283 g/mol. The SMILES string of the molecule is CC(c1cccc2ccccc12)N1CCCC1CC(=O)O. The first kappa shape index (κ1) is 14.1. The maximum absolute atomic E-state index is 11.0. The van der Waals surface area contributed by atoms with Crippen LogP contribution in [0.15, 0.2) is 42.5 Å². The minimum atomic E-state index is -0.697. The van der Waals surface area contributed by atoms with E-state index in [4.69, 9.17) is 5.11 Å². The number of aliphatic carboxylic acids is 1. The molecule has 1 heterocycles. The molecule has 21 heavy (non-hydrogen) atoms. The van der Waals surface area contributed by atoms with Crippen LogP contribution in [0.1, 0.15) is 37.8 Å². The molecule has 0 saturated carbocycles. The normalized spacial score (nSPS) is 20.7. The lowest BCUT2D eigenvalue weighted by Gasteiger charge is -2.31. The van der Waals surface area contributed by atoms with Crippen LogP contribution < -0.4 is 0 Å². The summed E-state index contributed by atoms with van der Waals surface area (Å²) >= 11 is 0. The Morgan fingerprint density at radius 1 is 1.29 bits per heavy atom. The minimum Gasteiger partial charge on any atom is -0.481 e. The van der Waals surface area contributed by atoms with Gasteiger partial charge in [0.15, 0.2) is 0 Å². The summed E-state index contributed by atoms with van der Waals surface area (Å²) in [5, 5.41) is 11.6. The number of carbonyl (C=O) groups is 1. The summed E-state index contributed by atoms with van der Waals surface area (Å²) in [6, 6.07) is 15.2. The summed E-state index contributed by atoms with van der Waals surface area (Å²) in [4.78, 5) is 13.4. The largest absolute Gasteiger partial charge is 0.481 e. The van der Waals surface area contributed by atoms with Crippen LogP contribution in [-0.4, -0.2) is 28.6 Å². The summed E-state index contributed by atoms with van der Waals surface area (Å²) in [5.74, 6) is -0.697. The molecule has 1 aliphatic heterocycles. The number of nitrogens with zero attached hydrogens (tertiary/aromatic N) is 1. The number of rotatable bonds is 4. The molecule has 0 aliphatic carbocycles. The van der Waals surface area contributed by atoms with E-state index >= 15 is 0 Å². The van der Waals surface area contributed by atoms with Gasteiger partial charge in [-0.2, -0.15) is 0 Å². The second-order valence-corrected chi connectivity index (χ2v) is 5.88. The van der Waals surface area contributed by atoms with Crippen molar-refractivity contribution >= 4 is 16.7 Å². The Morgan fingerprint density at radius 2 is 2.05 bits per heavy atom. The van der Waals surface area contributed by atoms with Crippen LogP contribution in [-0.2, 0) is 4.79 Å². The Morgan fingerprint density at radius 3 is 2.86 bits per heavy atom. The van der Waals surface area contributed by atoms with E-state index in [0.717, 1.165) is 19.4 Å². The lowest BCUT2D eigenvalue weighted by molar-refractivity contribution is -0.138. The predicted molar refractivity (Wildman–Crippen MR) is 84.3 cm³/mol. The lowest BCUT2D eigenvalue weighted by Crippen LogP contribution is -2.33. The number of likely N-dealkylation sites (tertiary alicyclic amines) is 1. The molecule has 0 amide bonds. The van der Waals surface area contributed by atoms with Crippen molar-refractivity contribution in [3.63, 3.8) is 0 Å². The molecule has 0 aromatic heterocycles. The standard InChI is InChI=1S/C18H21NO2/c1-13(19-11-5-8-15(19)12-18(20)21)16-10-4-7-14-6-2-3-9-17(14)16/h2-4,6-7,9-10,13,15H,5,8,11-12H2,1H3,(H,20,21). The van der Waals surface area contributed by atoms with Crippen LogP contribution in [0.2, 0.25) is 0 Å². The molecule has 3 rings (SSSR count). The van der Waals surface area contributed by atoms with Gasteiger partial charge >= 0.3 is 5.97 Å². The van der Waals surface area contributed by atoms with Crippen molar-refractivity contribution in [2.45, 2.75) is 38.3 Å². The number of fused-ring (bicyclic) bond motifs is 1. The van der Waals surface area contributed by atoms with Crippen LogP contribution >= 0.6 is 0 Å². The molecule has 110 valence electrons. The number of carboxylic acid groups (broad SMARTS) is 1. The number of hydrogen-bond donors (Lipinski definition) is 1. The van der Waals surface area contributed by atoms with Crippen LogP contribution in [0.4, 0.5) is 0 Å². The summed E-state index contributed by atoms with van der Waals surface area (Å²) in [5.41, 5.74) is 1.30. The van der Waals surface area contributed by atoms with Gasteiger partial charge in [0.05, 0.1) is 6.42 Å². The van der Waals surface area contributed by atoms with Gasteiger partial charge in [-0.25, -0.2) is 0 Å². The molecule has 1 N–H and O–H groups in total. The molecule has 3 nitrogen and oxygen atoms in total. The van der Waals surface area contributed by atoms with Gasteiger partial charge in [-0.3, -0.25) is 9.69 Å². The molecule has 1 saturated heterocycles. The average Bonchev–Trinajstić information content (AvgIpc) is 2.93. The van der Waals surface area contributed by atoms with E-state index in [1.54, 1.807) is 0 Å². The zero-order valence-corrected chi connectivity index (χ0v) is 12.3. The third-order valence-electron chi connectivity index (χ3n) is 4.60. The molecule has 2 aromatic carbocycles. The van der Waals surface area contributed by atoms with E-state index in [0.29, 0.717) is 0 Å². The third-order valence-corrected chi connectivity index (χ3v) is 4.60. The van der Waals surface area contributed by atoms with Crippen molar-refractivity contribution in [2.24, 2.45) is 0 Å². The van der Waals surface area contributed by atoms with Gasteiger partial charge < -0.3 is 5.11 Å². The molecule has 2 atom stereocenters. The van der Waals surface area contributed by atoms with Crippen molar-refractivity contribution in [1.29, 1.82) is 0 Å². The maximum Gasteiger partial charge on any atom is 0.304 e. The predicted octanol–water partition coefficient (Wildman–Crippen LogP) is 3.84. The first-order valence-corrected chi connectivity index (χ1v) is 7.62. The fourth-order valence-electron chi connectivity index (χ4n) is 3.58. The molecular weight excluding hydrogens is 262 g/mol. The van der Waals surface area contributed by atoms with Gasteiger partial charge in [0, 0.05) is 12.1 Å². The number of benzene rings is 2. The van der Waals surface area contributed by atoms with Crippen LogP contribution in [0, 0.1) is 0 Å². The van der Waals surface area contributed by atoms with Gasteiger partial charge in [0.25, 0.3) is 0 Å². The first-order chi connectivity index (χ1) is 10.2. The quantitative estimate of drug-likeness (QED) is 0.926. The van der Waals surface area contributed by atoms with Crippen molar-refractivity contribution in [3.8, 4) is 0 Å². The zero-order valence-electron chi connectivity index (χ0n) is 12.3. The fraction of sp³-hybridized carbons (Fsp3) is 0.389. The van der Waals surface area contributed by atoms with E-state index in [-0.39, 0.29) is 18.5 Å². The topological polar surface area (TPSA) is 40.5 Å². The number of hydrogen-bond acceptors (Lipinski definition) is 2. The minimum absolute atomic E-state index is 0.163. The highest BCUT2D eigenvalue weighted by Gasteiger charge is 2.31. The summed E-state index contributed by atoms with van der Waals surface area (Å²) < 4.78 is 0. The van der Waals surface area contributed by atoms with Gasteiger partial charge in [-0.05, 0) is 42.6 Å². The summed E-state index contributed by atoms with van der Waals surface area (Å²) in [6.45, 7) is 3.18. The molecular formula is C18H21NO2. The Balaban J connectivity index is 1.93. The zero-order chi connectivity index (χ0) is 14.8. The van der Waals surface area contributed by atoms with E-state index in [1.807, 2.05) is 0 Å². The average molecular weight is 283 g/mol. The van der Waals surface area contributed by atoms with E-state index in [9.17, 15) is 4.79 Å². The Bertz CT molecular complexity index is 647. The third kappa shape index (κ3) is 2.79. The molecule has 2 aromatic rings. The highest BCUT2D eigenvalue weighted by molar-refractivity contribution is 5.86. The Kier molecular flexibility index (Phi) is 3.93. The van der Waals surface area contributed by atoms with Crippen molar-refractivity contribution in [2.75, 3.05) is 6.54 Å². The van der Waals surface area contributed by atoms with Crippen LogP contribution in [0.5, 0.6) is 0 Å². The summed E-state index contributed by atoms with van der Waals surface area (Å²) in [7, 11) is 0. The van der Waals surface area contributed by atoms with Gasteiger partial charge in [0.2, 0.25) is 0 Å². The molecule has 0 spiro atoms. The molecule has 3 heteroatoms. The van der Waals surface area contributed by atoms with Gasteiger partial charge in [-0.1, -0.05) is 42.5 Å². The second-order valence-electron chi connectivity index (χ2n) is 5.88. The molecule has 0 bridgehead atoms. The van der Waals surface area contributed by atoms with Crippen LogP contribution in [0.25, 0.3) is 10.8 Å². The summed E-state index contributed by atoms with van der Waals surface area (Å²) in [6.07, 6.45) is 2.32. The van der Waals surface area contributed by atoms with Gasteiger partial charge in [-0.15, -0.1) is 0 Å². The highest BCUT2D eigenvalue weighted by atomic mass is 16.4. The van der Waals surface area contributed by atoms with Crippen molar-refractivity contribution in [3.05, 3.63) is 48.0 Å². The molecule has 1 aliphatic rings. The maximum atomic E-state index is 11.0. The van der Waals surface area contributed by atoms with Crippen molar-refractivity contribution in [1.82, 2.24) is 4.90 Å². The Labute approximate surface area is 125 Å². The highest BCUT2D eigenvalue weighted by Crippen LogP contribution is 2.34. The smallest absolute Gasteiger partial charge is 0.304 e. The van der Waals surface area contributed by atoms with E-state index in [2.05, 4.69) is 54.3 Å².